The van der Waals surface area contributed by atoms with E-state index in [1.54, 1.807) is 4.90 Å². The Balaban J connectivity index is 1.73. The lowest BCUT2D eigenvalue weighted by molar-refractivity contribution is -0.147. The average molecular weight is 250 g/mol. The van der Waals surface area contributed by atoms with Gasteiger partial charge in [0.15, 0.2) is 0 Å². The Hall–Kier alpha value is -0.290. The van der Waals surface area contributed by atoms with E-state index in [1.165, 1.54) is 12.8 Å². The van der Waals surface area contributed by atoms with Crippen molar-refractivity contribution < 1.29 is 13.2 Å². The van der Waals surface area contributed by atoms with Gasteiger partial charge < -0.3 is 5.32 Å². The molecular formula is C12H21F3N2. The highest BCUT2D eigenvalue weighted by Gasteiger charge is 2.37. The minimum Gasteiger partial charge on any atom is -0.314 e. The zero-order chi connectivity index (χ0) is 12.3. The maximum absolute atomic E-state index is 12.4. The third kappa shape index (κ3) is 4.84. The molecule has 2 aliphatic rings. The summed E-state index contributed by atoms with van der Waals surface area (Å²) in [6.45, 7) is 0.875. The van der Waals surface area contributed by atoms with E-state index in [0.717, 1.165) is 32.2 Å². The van der Waals surface area contributed by atoms with Crippen molar-refractivity contribution >= 4 is 0 Å². The SMILES string of the molecule is FC(F)(F)CN(CCC1CCCCN1)C1CC1. The molecular weight excluding hydrogens is 229 g/mol. The molecule has 0 amide bonds. The smallest absolute Gasteiger partial charge is 0.314 e. The monoisotopic (exact) mass is 250 g/mol. The first-order chi connectivity index (χ1) is 8.04. The predicted octanol–water partition coefficient (Wildman–Crippen LogP) is 2.55. The molecule has 17 heavy (non-hydrogen) atoms. The average Bonchev–Trinajstić information content (AvgIpc) is 3.08. The molecule has 1 saturated heterocycles. The number of alkyl halides is 3. The number of hydrogen-bond acceptors (Lipinski definition) is 2. The maximum Gasteiger partial charge on any atom is 0.401 e. The molecule has 0 aromatic heterocycles. The summed E-state index contributed by atoms with van der Waals surface area (Å²) in [5, 5.41) is 3.39. The highest BCUT2D eigenvalue weighted by atomic mass is 19.4. The van der Waals surface area contributed by atoms with Crippen LogP contribution in [0.4, 0.5) is 13.2 Å². The number of hydrogen-bond donors (Lipinski definition) is 1. The first-order valence-corrected chi connectivity index (χ1v) is 6.59. The van der Waals surface area contributed by atoms with Gasteiger partial charge in [-0.05, 0) is 38.6 Å². The molecule has 100 valence electrons. The summed E-state index contributed by atoms with van der Waals surface area (Å²) in [7, 11) is 0. The van der Waals surface area contributed by atoms with Gasteiger partial charge in [0.05, 0.1) is 6.54 Å². The third-order valence-corrected chi connectivity index (χ3v) is 3.62. The van der Waals surface area contributed by atoms with Crippen LogP contribution in [0.2, 0.25) is 0 Å². The van der Waals surface area contributed by atoms with Gasteiger partial charge in [0.1, 0.15) is 0 Å². The summed E-state index contributed by atoms with van der Waals surface area (Å²) < 4.78 is 37.2. The van der Waals surface area contributed by atoms with Gasteiger partial charge >= 0.3 is 6.18 Å². The van der Waals surface area contributed by atoms with Gasteiger partial charge in [0, 0.05) is 18.6 Å². The summed E-state index contributed by atoms with van der Waals surface area (Å²) >= 11 is 0. The van der Waals surface area contributed by atoms with Crippen LogP contribution < -0.4 is 5.32 Å². The molecule has 2 rings (SSSR count). The fourth-order valence-electron chi connectivity index (χ4n) is 2.55. The third-order valence-electron chi connectivity index (χ3n) is 3.62. The summed E-state index contributed by atoms with van der Waals surface area (Å²) in [6.07, 6.45) is 2.20. The topological polar surface area (TPSA) is 15.3 Å². The minimum atomic E-state index is -4.05. The summed E-state index contributed by atoms with van der Waals surface area (Å²) in [5.41, 5.74) is 0. The van der Waals surface area contributed by atoms with Crippen LogP contribution in [0, 0.1) is 0 Å². The summed E-state index contributed by atoms with van der Waals surface area (Å²) in [4.78, 5) is 1.62. The Labute approximate surface area is 101 Å². The van der Waals surface area contributed by atoms with E-state index in [9.17, 15) is 13.2 Å². The van der Waals surface area contributed by atoms with Crippen molar-refractivity contribution in [2.24, 2.45) is 0 Å². The van der Waals surface area contributed by atoms with Gasteiger partial charge in [-0.15, -0.1) is 0 Å². The largest absolute Gasteiger partial charge is 0.401 e. The molecule has 0 spiro atoms. The molecule has 1 aliphatic heterocycles. The zero-order valence-corrected chi connectivity index (χ0v) is 10.1. The van der Waals surface area contributed by atoms with Crippen LogP contribution in [0.1, 0.15) is 38.5 Å². The van der Waals surface area contributed by atoms with E-state index in [0.29, 0.717) is 12.6 Å². The van der Waals surface area contributed by atoms with Crippen LogP contribution in [0.15, 0.2) is 0 Å². The Morgan fingerprint density at radius 2 is 1.88 bits per heavy atom. The number of halogens is 3. The second kappa shape index (κ2) is 5.57. The van der Waals surface area contributed by atoms with Crippen molar-refractivity contribution in [2.75, 3.05) is 19.6 Å². The van der Waals surface area contributed by atoms with Crippen molar-refractivity contribution in [3.05, 3.63) is 0 Å². The lowest BCUT2D eigenvalue weighted by atomic mass is 10.0. The summed E-state index contributed by atoms with van der Waals surface area (Å²) in [6, 6.07) is 0.624. The Kier molecular flexibility index (Phi) is 4.31. The standard InChI is InChI=1S/C12H21F3N2/c13-12(14,15)9-17(11-4-5-11)8-6-10-3-1-2-7-16-10/h10-11,16H,1-9H2. The molecule has 1 heterocycles. The van der Waals surface area contributed by atoms with Gasteiger partial charge in [-0.25, -0.2) is 0 Å². The normalized spacial score (nSPS) is 26.5. The molecule has 1 unspecified atom stereocenters. The highest BCUT2D eigenvalue weighted by Crippen LogP contribution is 2.30. The molecule has 1 atom stereocenters. The number of rotatable bonds is 5. The zero-order valence-electron chi connectivity index (χ0n) is 10.1. The van der Waals surface area contributed by atoms with E-state index in [-0.39, 0.29) is 6.04 Å². The van der Waals surface area contributed by atoms with E-state index < -0.39 is 12.7 Å². The molecule has 1 N–H and O–H groups in total. The van der Waals surface area contributed by atoms with Crippen LogP contribution in [0.5, 0.6) is 0 Å². The Bertz CT molecular complexity index is 232. The van der Waals surface area contributed by atoms with Gasteiger partial charge in [-0.3, -0.25) is 4.90 Å². The molecule has 1 saturated carbocycles. The van der Waals surface area contributed by atoms with Crippen LogP contribution in [0.3, 0.4) is 0 Å². The van der Waals surface area contributed by atoms with Crippen molar-refractivity contribution in [3.63, 3.8) is 0 Å². The van der Waals surface area contributed by atoms with Gasteiger partial charge in [-0.2, -0.15) is 13.2 Å². The minimum absolute atomic E-state index is 0.195. The first kappa shape index (κ1) is 13.1. The van der Waals surface area contributed by atoms with Gasteiger partial charge in [-0.1, -0.05) is 6.42 Å². The van der Waals surface area contributed by atoms with Gasteiger partial charge in [0.25, 0.3) is 0 Å². The van der Waals surface area contributed by atoms with Crippen molar-refractivity contribution in [1.82, 2.24) is 10.2 Å². The number of nitrogens with one attached hydrogen (secondary N) is 1. The van der Waals surface area contributed by atoms with E-state index in [2.05, 4.69) is 5.32 Å². The van der Waals surface area contributed by atoms with Crippen molar-refractivity contribution in [1.29, 1.82) is 0 Å². The van der Waals surface area contributed by atoms with E-state index in [1.807, 2.05) is 0 Å². The fourth-order valence-corrected chi connectivity index (χ4v) is 2.55. The second-order valence-corrected chi connectivity index (χ2v) is 5.25. The summed E-state index contributed by atoms with van der Waals surface area (Å²) in [5.74, 6) is 0. The molecule has 0 aromatic carbocycles. The lowest BCUT2D eigenvalue weighted by Gasteiger charge is -2.28. The molecule has 0 aromatic rings. The Morgan fingerprint density at radius 1 is 1.12 bits per heavy atom. The van der Waals surface area contributed by atoms with E-state index in [4.69, 9.17) is 0 Å². The van der Waals surface area contributed by atoms with Crippen molar-refractivity contribution in [3.8, 4) is 0 Å². The first-order valence-electron chi connectivity index (χ1n) is 6.59. The Morgan fingerprint density at radius 3 is 2.41 bits per heavy atom. The number of piperidine rings is 1. The van der Waals surface area contributed by atoms with Crippen LogP contribution in [-0.4, -0.2) is 42.8 Å². The molecule has 1 aliphatic carbocycles. The predicted molar refractivity (Wildman–Crippen MR) is 60.9 cm³/mol. The van der Waals surface area contributed by atoms with Crippen LogP contribution in [-0.2, 0) is 0 Å². The highest BCUT2D eigenvalue weighted by molar-refractivity contribution is 4.86. The maximum atomic E-state index is 12.4. The van der Waals surface area contributed by atoms with Gasteiger partial charge in [0.2, 0.25) is 0 Å². The number of nitrogens with zero attached hydrogens (tertiary/aromatic N) is 1. The van der Waals surface area contributed by atoms with Crippen LogP contribution >= 0.6 is 0 Å². The molecule has 2 fully saturated rings. The second-order valence-electron chi connectivity index (χ2n) is 5.25. The quantitative estimate of drug-likeness (QED) is 0.806. The van der Waals surface area contributed by atoms with Crippen molar-refractivity contribution in [2.45, 2.75) is 56.8 Å². The molecule has 5 heteroatoms. The lowest BCUT2D eigenvalue weighted by Crippen LogP contribution is -2.41. The molecule has 0 radical (unpaired) electrons. The molecule has 0 bridgehead atoms. The fraction of sp³-hybridized carbons (Fsp3) is 1.00. The molecule has 2 nitrogen and oxygen atoms in total. The van der Waals surface area contributed by atoms with Crippen LogP contribution in [0.25, 0.3) is 0 Å². The van der Waals surface area contributed by atoms with E-state index >= 15 is 0 Å².